The molecule has 0 saturated heterocycles. The summed E-state index contributed by atoms with van der Waals surface area (Å²) >= 11 is 0. The van der Waals surface area contributed by atoms with Crippen LogP contribution >= 0.6 is 0 Å². The first-order chi connectivity index (χ1) is 7.95. The van der Waals surface area contributed by atoms with Crippen LogP contribution in [0, 0.1) is 18.3 Å². The lowest BCUT2D eigenvalue weighted by molar-refractivity contribution is -0.137. The highest BCUT2D eigenvalue weighted by atomic mass is 16.4. The molecule has 0 aliphatic heterocycles. The number of carbonyl (C=O) groups is 1. The zero-order valence-electron chi connectivity index (χ0n) is 10.2. The van der Waals surface area contributed by atoms with Gasteiger partial charge in [-0.3, -0.25) is 9.48 Å². The molecule has 0 fully saturated rings. The van der Waals surface area contributed by atoms with Gasteiger partial charge in [-0.05, 0) is 20.3 Å². The summed E-state index contributed by atoms with van der Waals surface area (Å²) in [6.45, 7) is 3.65. The summed E-state index contributed by atoms with van der Waals surface area (Å²) in [5.74, 6) is -0.178. The number of aromatic nitrogens is 2. The number of nitrogens with one attached hydrogen (secondary N) is 1. The van der Waals surface area contributed by atoms with Crippen LogP contribution in [-0.2, 0) is 11.8 Å². The van der Waals surface area contributed by atoms with Crippen LogP contribution in [0.15, 0.2) is 0 Å². The van der Waals surface area contributed by atoms with Crippen molar-refractivity contribution in [2.75, 3.05) is 5.32 Å². The van der Waals surface area contributed by atoms with E-state index in [0.29, 0.717) is 23.5 Å². The van der Waals surface area contributed by atoms with E-state index in [9.17, 15) is 4.79 Å². The molecule has 1 rings (SSSR count). The van der Waals surface area contributed by atoms with Crippen molar-refractivity contribution in [2.45, 2.75) is 32.7 Å². The molecule has 1 heterocycles. The highest BCUT2D eigenvalue weighted by molar-refractivity contribution is 5.66. The van der Waals surface area contributed by atoms with Gasteiger partial charge in [-0.1, -0.05) is 0 Å². The molecule has 0 aromatic carbocycles. The lowest BCUT2D eigenvalue weighted by Crippen LogP contribution is -2.19. The smallest absolute Gasteiger partial charge is 0.303 e. The third-order valence-electron chi connectivity index (χ3n) is 2.51. The molecule has 17 heavy (non-hydrogen) atoms. The molecule has 0 radical (unpaired) electrons. The van der Waals surface area contributed by atoms with Crippen LogP contribution in [0.5, 0.6) is 0 Å². The number of anilines is 1. The van der Waals surface area contributed by atoms with Crippen molar-refractivity contribution >= 4 is 11.8 Å². The van der Waals surface area contributed by atoms with Gasteiger partial charge in [0, 0.05) is 19.5 Å². The average Bonchev–Trinajstić information content (AvgIpc) is 2.50. The van der Waals surface area contributed by atoms with Gasteiger partial charge in [0.05, 0.1) is 5.69 Å². The number of carboxylic acid groups (broad SMARTS) is 1. The van der Waals surface area contributed by atoms with Crippen molar-refractivity contribution in [3.63, 3.8) is 0 Å². The van der Waals surface area contributed by atoms with Gasteiger partial charge < -0.3 is 10.4 Å². The van der Waals surface area contributed by atoms with Crippen molar-refractivity contribution in [3.05, 3.63) is 11.3 Å². The fourth-order valence-electron chi connectivity index (χ4n) is 1.60. The van der Waals surface area contributed by atoms with Crippen molar-refractivity contribution in [1.82, 2.24) is 9.78 Å². The molecule has 1 aromatic heterocycles. The average molecular weight is 236 g/mol. The molecular formula is C11H16N4O2. The first-order valence-electron chi connectivity index (χ1n) is 5.37. The van der Waals surface area contributed by atoms with E-state index in [1.807, 2.05) is 6.92 Å². The normalized spacial score (nSPS) is 11.9. The fourth-order valence-corrected chi connectivity index (χ4v) is 1.60. The number of aryl methyl sites for hydroxylation is 2. The van der Waals surface area contributed by atoms with Crippen molar-refractivity contribution < 1.29 is 9.90 Å². The minimum atomic E-state index is -0.819. The zero-order chi connectivity index (χ0) is 13.0. The number of hydrogen-bond donors (Lipinski definition) is 2. The number of nitrogens with zero attached hydrogens (tertiary/aromatic N) is 3. The predicted molar refractivity (Wildman–Crippen MR) is 62.6 cm³/mol. The van der Waals surface area contributed by atoms with Crippen LogP contribution in [-0.4, -0.2) is 26.9 Å². The molecule has 1 unspecified atom stereocenters. The summed E-state index contributed by atoms with van der Waals surface area (Å²) in [4.78, 5) is 10.5. The van der Waals surface area contributed by atoms with E-state index in [1.165, 1.54) is 0 Å². The lowest BCUT2D eigenvalue weighted by Gasteiger charge is -2.14. The minimum Gasteiger partial charge on any atom is -0.481 e. The summed E-state index contributed by atoms with van der Waals surface area (Å²) in [6, 6.07) is 2.07. The summed E-state index contributed by atoms with van der Waals surface area (Å²) < 4.78 is 1.60. The van der Waals surface area contributed by atoms with Gasteiger partial charge in [-0.25, -0.2) is 0 Å². The Balaban J connectivity index is 2.75. The van der Waals surface area contributed by atoms with E-state index >= 15 is 0 Å². The second kappa shape index (κ2) is 5.34. The second-order valence-electron chi connectivity index (χ2n) is 4.02. The van der Waals surface area contributed by atoms with Crippen LogP contribution in [0.4, 0.5) is 5.82 Å². The Morgan fingerprint density at radius 2 is 2.35 bits per heavy atom. The van der Waals surface area contributed by atoms with Crippen molar-refractivity contribution in [3.8, 4) is 6.07 Å². The molecule has 0 bridgehead atoms. The monoisotopic (exact) mass is 236 g/mol. The topological polar surface area (TPSA) is 90.9 Å². The second-order valence-corrected chi connectivity index (χ2v) is 4.02. The molecule has 0 spiro atoms. The van der Waals surface area contributed by atoms with Gasteiger partial charge in [-0.2, -0.15) is 10.4 Å². The molecule has 0 saturated carbocycles. The van der Waals surface area contributed by atoms with E-state index in [4.69, 9.17) is 10.4 Å². The number of nitriles is 1. The van der Waals surface area contributed by atoms with Crippen molar-refractivity contribution in [1.29, 1.82) is 5.26 Å². The standard InChI is InChI=1S/C11H16N4O2/c1-7(4-5-10(16)17)13-11-9(6-12)8(2)14-15(11)3/h7,13H,4-5H2,1-3H3,(H,16,17). The third-order valence-corrected chi connectivity index (χ3v) is 2.51. The molecule has 6 heteroatoms. The van der Waals surface area contributed by atoms with E-state index in [1.54, 1.807) is 18.7 Å². The van der Waals surface area contributed by atoms with E-state index in [-0.39, 0.29) is 12.5 Å². The SMILES string of the molecule is Cc1nn(C)c(NC(C)CCC(=O)O)c1C#N. The number of rotatable bonds is 5. The molecule has 0 aliphatic rings. The molecule has 92 valence electrons. The first kappa shape index (κ1) is 13.0. The molecule has 6 nitrogen and oxygen atoms in total. The number of aliphatic carboxylic acids is 1. The maximum atomic E-state index is 10.5. The minimum absolute atomic E-state index is 0.0204. The lowest BCUT2D eigenvalue weighted by atomic mass is 10.1. The molecular weight excluding hydrogens is 220 g/mol. The van der Waals surface area contributed by atoms with Gasteiger partial charge in [0.25, 0.3) is 0 Å². The number of hydrogen-bond acceptors (Lipinski definition) is 4. The Morgan fingerprint density at radius 1 is 1.71 bits per heavy atom. The Bertz CT molecular complexity index is 459. The highest BCUT2D eigenvalue weighted by Gasteiger charge is 2.15. The summed E-state index contributed by atoms with van der Waals surface area (Å²) in [5, 5.41) is 24.9. The third kappa shape index (κ3) is 3.21. The summed E-state index contributed by atoms with van der Waals surface area (Å²) in [7, 11) is 1.75. The largest absolute Gasteiger partial charge is 0.481 e. The molecule has 0 amide bonds. The number of carboxylic acids is 1. The molecule has 1 aromatic rings. The van der Waals surface area contributed by atoms with Gasteiger partial charge in [0.1, 0.15) is 17.5 Å². The van der Waals surface area contributed by atoms with Crippen molar-refractivity contribution in [2.24, 2.45) is 7.05 Å². The quantitative estimate of drug-likeness (QED) is 0.803. The Morgan fingerprint density at radius 3 is 2.88 bits per heavy atom. The van der Waals surface area contributed by atoms with Gasteiger partial charge in [-0.15, -0.1) is 0 Å². The maximum absolute atomic E-state index is 10.5. The Kier molecular flexibility index (Phi) is 4.10. The molecule has 2 N–H and O–H groups in total. The molecule has 1 atom stereocenters. The van der Waals surface area contributed by atoms with E-state index < -0.39 is 5.97 Å². The Hall–Kier alpha value is -2.03. The van der Waals surface area contributed by atoms with Crippen LogP contribution in [0.2, 0.25) is 0 Å². The summed E-state index contributed by atoms with van der Waals surface area (Å²) in [5.41, 5.74) is 1.18. The highest BCUT2D eigenvalue weighted by Crippen LogP contribution is 2.19. The van der Waals surface area contributed by atoms with Crippen LogP contribution < -0.4 is 5.32 Å². The molecule has 0 aliphatic carbocycles. The van der Waals surface area contributed by atoms with Gasteiger partial charge >= 0.3 is 5.97 Å². The zero-order valence-corrected chi connectivity index (χ0v) is 10.2. The van der Waals surface area contributed by atoms with E-state index in [2.05, 4.69) is 16.5 Å². The predicted octanol–water partition coefficient (Wildman–Crippen LogP) is 1.27. The fraction of sp³-hybridized carbons (Fsp3) is 0.545. The maximum Gasteiger partial charge on any atom is 0.303 e. The van der Waals surface area contributed by atoms with Crippen LogP contribution in [0.3, 0.4) is 0 Å². The van der Waals surface area contributed by atoms with E-state index in [0.717, 1.165) is 0 Å². The first-order valence-corrected chi connectivity index (χ1v) is 5.37. The summed E-state index contributed by atoms with van der Waals surface area (Å²) in [6.07, 6.45) is 0.608. The van der Waals surface area contributed by atoms with Crippen LogP contribution in [0.25, 0.3) is 0 Å². The Labute approximate surface area is 99.9 Å². The van der Waals surface area contributed by atoms with Gasteiger partial charge in [0.15, 0.2) is 0 Å². The van der Waals surface area contributed by atoms with Crippen LogP contribution in [0.1, 0.15) is 31.0 Å². The van der Waals surface area contributed by atoms with Gasteiger partial charge in [0.2, 0.25) is 0 Å².